The summed E-state index contributed by atoms with van der Waals surface area (Å²) in [6.45, 7) is 6.03. The van der Waals surface area contributed by atoms with Crippen LogP contribution in [-0.4, -0.2) is 65.1 Å². The van der Waals surface area contributed by atoms with Crippen molar-refractivity contribution >= 4 is 23.7 Å². The Morgan fingerprint density at radius 1 is 1.18 bits per heavy atom. The Hall–Kier alpha value is -2.22. The molecular weight excluding hydrogens is 376 g/mol. The smallest absolute Gasteiger partial charge is 0.290 e. The van der Waals surface area contributed by atoms with Crippen molar-refractivity contribution in [2.45, 2.75) is 25.9 Å². The van der Waals surface area contributed by atoms with Crippen LogP contribution in [0, 0.1) is 6.92 Å². The summed E-state index contributed by atoms with van der Waals surface area (Å²) in [5, 5.41) is 19.2. The summed E-state index contributed by atoms with van der Waals surface area (Å²) in [5.74, 6) is 0.165. The molecule has 0 bridgehead atoms. The van der Waals surface area contributed by atoms with Crippen LogP contribution in [-0.2, 0) is 4.79 Å². The summed E-state index contributed by atoms with van der Waals surface area (Å²) in [6.07, 6.45) is 1.29. The Morgan fingerprint density at radius 3 is 2.54 bits per heavy atom. The lowest BCUT2D eigenvalue weighted by Gasteiger charge is -2.23. The minimum absolute atomic E-state index is 0.165. The van der Waals surface area contributed by atoms with Crippen LogP contribution < -0.4 is 0 Å². The van der Waals surface area contributed by atoms with Crippen molar-refractivity contribution in [1.29, 1.82) is 0 Å². The van der Waals surface area contributed by atoms with Crippen molar-refractivity contribution in [2.75, 3.05) is 32.7 Å². The number of nitrogens with zero attached hydrogens (tertiary/aromatic N) is 2. The van der Waals surface area contributed by atoms with Crippen LogP contribution in [0.25, 0.3) is 0 Å². The molecule has 2 aromatic rings. The maximum absolute atomic E-state index is 12.7. The Morgan fingerprint density at radius 2 is 1.89 bits per heavy atom. The summed E-state index contributed by atoms with van der Waals surface area (Å²) < 4.78 is 0. The van der Waals surface area contributed by atoms with Gasteiger partial charge in [0, 0.05) is 26.2 Å². The highest BCUT2D eigenvalue weighted by Crippen LogP contribution is 2.20. The zero-order valence-electron chi connectivity index (χ0n) is 16.2. The third-order valence-corrected chi connectivity index (χ3v) is 5.84. The Bertz CT molecular complexity index is 735. The van der Waals surface area contributed by atoms with E-state index in [9.17, 15) is 9.90 Å². The second kappa shape index (κ2) is 11.6. The van der Waals surface area contributed by atoms with E-state index in [0.717, 1.165) is 61.6 Å². The summed E-state index contributed by atoms with van der Waals surface area (Å²) in [6, 6.07) is 11.8. The van der Waals surface area contributed by atoms with E-state index in [1.54, 1.807) is 0 Å². The van der Waals surface area contributed by atoms with Crippen molar-refractivity contribution in [2.24, 2.45) is 0 Å². The molecule has 2 heterocycles. The van der Waals surface area contributed by atoms with Gasteiger partial charge in [-0.05, 0) is 48.9 Å². The van der Waals surface area contributed by atoms with E-state index in [2.05, 4.69) is 4.90 Å². The van der Waals surface area contributed by atoms with E-state index in [1.807, 2.05) is 53.6 Å². The molecule has 0 aliphatic carbocycles. The van der Waals surface area contributed by atoms with Gasteiger partial charge in [0.25, 0.3) is 12.4 Å². The number of aryl methyl sites for hydroxylation is 1. The number of hydrogen-bond acceptors (Lipinski definition) is 5. The summed E-state index contributed by atoms with van der Waals surface area (Å²) >= 11 is 1.53. The molecule has 1 atom stereocenters. The molecule has 1 fully saturated rings. The minimum Gasteiger partial charge on any atom is -0.483 e. The number of carbonyl (C=O) groups excluding carboxylic acids is 1. The molecule has 1 saturated heterocycles. The average Bonchev–Trinajstić information content (AvgIpc) is 2.99. The summed E-state index contributed by atoms with van der Waals surface area (Å²) in [4.78, 5) is 26.2. The Balaban J connectivity index is 0.000000878. The molecule has 6 nitrogen and oxygen atoms in total. The third-order valence-electron chi connectivity index (χ3n) is 4.84. The van der Waals surface area contributed by atoms with Gasteiger partial charge >= 0.3 is 0 Å². The fourth-order valence-corrected chi connectivity index (χ4v) is 4.17. The van der Waals surface area contributed by atoms with Gasteiger partial charge in [0.2, 0.25) is 0 Å². The lowest BCUT2D eigenvalue weighted by molar-refractivity contribution is -0.122. The molecule has 3 rings (SSSR count). The van der Waals surface area contributed by atoms with E-state index in [0.29, 0.717) is 0 Å². The second-order valence-corrected chi connectivity index (χ2v) is 7.66. The quantitative estimate of drug-likeness (QED) is 0.749. The van der Waals surface area contributed by atoms with Gasteiger partial charge in [-0.15, -0.1) is 11.3 Å². The highest BCUT2D eigenvalue weighted by Gasteiger charge is 2.22. The first kappa shape index (κ1) is 22.1. The lowest BCUT2D eigenvalue weighted by atomic mass is 10.1. The van der Waals surface area contributed by atoms with Crippen molar-refractivity contribution in [3.8, 4) is 0 Å². The number of benzene rings is 1. The molecule has 7 heteroatoms. The van der Waals surface area contributed by atoms with Gasteiger partial charge in [0.15, 0.2) is 0 Å². The van der Waals surface area contributed by atoms with Crippen LogP contribution >= 0.6 is 11.3 Å². The summed E-state index contributed by atoms with van der Waals surface area (Å²) in [7, 11) is 0. The predicted molar refractivity (Wildman–Crippen MR) is 111 cm³/mol. The molecule has 0 spiro atoms. The molecule has 1 aliphatic heterocycles. The van der Waals surface area contributed by atoms with Crippen LogP contribution in [0.1, 0.15) is 39.7 Å². The fraction of sp³-hybridized carbons (Fsp3) is 0.429. The van der Waals surface area contributed by atoms with E-state index in [1.165, 1.54) is 11.3 Å². The second-order valence-electron chi connectivity index (χ2n) is 6.74. The molecule has 1 aliphatic rings. The van der Waals surface area contributed by atoms with Gasteiger partial charge in [-0.1, -0.05) is 30.3 Å². The number of amides is 1. The average molecular weight is 405 g/mol. The number of carboxylic acid groups (broad SMARTS) is 1. The Kier molecular flexibility index (Phi) is 9.13. The largest absolute Gasteiger partial charge is 0.483 e. The first-order valence-electron chi connectivity index (χ1n) is 9.43. The highest BCUT2D eigenvalue weighted by molar-refractivity contribution is 7.12. The topological polar surface area (TPSA) is 81.1 Å². The molecule has 0 saturated carbocycles. The van der Waals surface area contributed by atoms with Gasteiger partial charge in [-0.25, -0.2) is 0 Å². The van der Waals surface area contributed by atoms with Gasteiger partial charge in [0.05, 0.1) is 11.0 Å². The first-order valence-corrected chi connectivity index (χ1v) is 10.3. The molecule has 1 aromatic heterocycles. The van der Waals surface area contributed by atoms with Crippen molar-refractivity contribution < 1.29 is 19.8 Å². The molecule has 0 radical (unpaired) electrons. The Labute approximate surface area is 170 Å². The maximum atomic E-state index is 12.7. The van der Waals surface area contributed by atoms with Crippen LogP contribution in [0.5, 0.6) is 0 Å². The molecule has 0 unspecified atom stereocenters. The monoisotopic (exact) mass is 404 g/mol. The zero-order chi connectivity index (χ0) is 20.4. The van der Waals surface area contributed by atoms with E-state index in [-0.39, 0.29) is 12.4 Å². The number of rotatable bonds is 5. The maximum Gasteiger partial charge on any atom is 0.290 e. The lowest BCUT2D eigenvalue weighted by Crippen LogP contribution is -2.35. The minimum atomic E-state index is -0.420. The number of thiophene rings is 1. The van der Waals surface area contributed by atoms with E-state index < -0.39 is 6.10 Å². The fourth-order valence-electron chi connectivity index (χ4n) is 3.28. The van der Waals surface area contributed by atoms with Crippen LogP contribution in [0.15, 0.2) is 41.8 Å². The first-order chi connectivity index (χ1) is 13.6. The SMILES string of the molecule is Cc1ccsc1C(=O)N1CCCN(CC[C@H](O)c2ccccc2)CC1.O=CO. The molecule has 28 heavy (non-hydrogen) atoms. The van der Waals surface area contributed by atoms with Crippen LogP contribution in [0.2, 0.25) is 0 Å². The van der Waals surface area contributed by atoms with E-state index >= 15 is 0 Å². The standard InChI is InChI=1S/C20H26N2O2S.CH2O2/c1-16-9-15-25-19(16)20(24)22-11-5-10-21(13-14-22)12-8-18(23)17-6-3-2-4-7-17;2-1-3/h2-4,6-7,9,15,18,23H,5,8,10-14H2,1H3;1H,(H,2,3)/t18-;/m0./s1. The van der Waals surface area contributed by atoms with Crippen molar-refractivity contribution in [1.82, 2.24) is 9.80 Å². The van der Waals surface area contributed by atoms with Gasteiger partial charge in [-0.3, -0.25) is 9.59 Å². The molecule has 1 amide bonds. The number of aliphatic hydroxyl groups excluding tert-OH is 1. The number of carbonyl (C=O) groups is 2. The highest BCUT2D eigenvalue weighted by atomic mass is 32.1. The number of hydrogen-bond donors (Lipinski definition) is 2. The van der Waals surface area contributed by atoms with Crippen LogP contribution in [0.4, 0.5) is 0 Å². The molecular formula is C21H28N2O4S. The third kappa shape index (κ3) is 6.44. The molecule has 1 aromatic carbocycles. The van der Waals surface area contributed by atoms with Gasteiger partial charge in [-0.2, -0.15) is 0 Å². The molecule has 2 N–H and O–H groups in total. The van der Waals surface area contributed by atoms with Crippen LogP contribution in [0.3, 0.4) is 0 Å². The summed E-state index contributed by atoms with van der Waals surface area (Å²) in [5.41, 5.74) is 2.05. The number of aliphatic hydroxyl groups is 1. The van der Waals surface area contributed by atoms with Gasteiger partial charge < -0.3 is 20.0 Å². The predicted octanol–water partition coefficient (Wildman–Crippen LogP) is 3.03. The van der Waals surface area contributed by atoms with Crippen molar-refractivity contribution in [3.05, 3.63) is 57.8 Å². The normalized spacial score (nSPS) is 15.9. The van der Waals surface area contributed by atoms with E-state index in [4.69, 9.17) is 9.90 Å². The molecule has 152 valence electrons. The van der Waals surface area contributed by atoms with Gasteiger partial charge in [0.1, 0.15) is 0 Å². The zero-order valence-corrected chi connectivity index (χ0v) is 17.0. The van der Waals surface area contributed by atoms with Crippen molar-refractivity contribution in [3.63, 3.8) is 0 Å².